The second kappa shape index (κ2) is 8.37. The zero-order chi connectivity index (χ0) is 21.1. The number of ether oxygens (including phenoxy) is 2. The number of likely N-dealkylation sites (tertiary alicyclic amines) is 1. The predicted molar refractivity (Wildman–Crippen MR) is 108 cm³/mol. The normalized spacial score (nSPS) is 17.8. The first-order valence-electron chi connectivity index (χ1n) is 9.80. The van der Waals surface area contributed by atoms with Gasteiger partial charge in [0.05, 0.1) is 6.04 Å². The summed E-state index contributed by atoms with van der Waals surface area (Å²) in [5, 5.41) is 0. The first-order chi connectivity index (χ1) is 12.9. The second-order valence-corrected chi connectivity index (χ2v) is 9.17. The minimum Gasteiger partial charge on any atom is -0.444 e. The van der Waals surface area contributed by atoms with Gasteiger partial charge in [0.25, 0.3) is 0 Å². The van der Waals surface area contributed by atoms with E-state index in [4.69, 9.17) is 9.47 Å². The largest absolute Gasteiger partial charge is 0.444 e. The zero-order valence-electron chi connectivity index (χ0n) is 18.1. The molecule has 1 aromatic heterocycles. The van der Waals surface area contributed by atoms with E-state index in [2.05, 4.69) is 4.98 Å². The van der Waals surface area contributed by atoms with Gasteiger partial charge in [-0.25, -0.2) is 14.6 Å². The van der Waals surface area contributed by atoms with Crippen LogP contribution < -0.4 is 4.90 Å². The highest BCUT2D eigenvalue weighted by atomic mass is 16.6. The van der Waals surface area contributed by atoms with Crippen LogP contribution in [-0.2, 0) is 9.47 Å². The Kier molecular flexibility index (Phi) is 6.57. The lowest BCUT2D eigenvalue weighted by Crippen LogP contribution is -2.41. The van der Waals surface area contributed by atoms with Crippen molar-refractivity contribution in [2.45, 2.75) is 78.0 Å². The summed E-state index contributed by atoms with van der Waals surface area (Å²) in [6.07, 6.45) is 3.84. The first-order valence-corrected chi connectivity index (χ1v) is 9.80. The molecular formula is C21H33N3O4. The van der Waals surface area contributed by atoms with Crippen LogP contribution in [0.4, 0.5) is 15.4 Å². The summed E-state index contributed by atoms with van der Waals surface area (Å²) in [5.74, 6) is 0.498. The molecule has 156 valence electrons. The fourth-order valence-electron chi connectivity index (χ4n) is 3.03. The van der Waals surface area contributed by atoms with Gasteiger partial charge in [-0.15, -0.1) is 0 Å². The number of carbonyl (C=O) groups excluding carboxylic acids is 2. The van der Waals surface area contributed by atoms with Crippen molar-refractivity contribution in [3.8, 4) is 0 Å². The Balaban J connectivity index is 2.14. The van der Waals surface area contributed by atoms with Crippen molar-refractivity contribution in [3.63, 3.8) is 0 Å². The predicted octanol–water partition coefficient (Wildman–Crippen LogP) is 4.92. The Morgan fingerprint density at radius 3 is 2.25 bits per heavy atom. The molecule has 1 aromatic rings. The van der Waals surface area contributed by atoms with Crippen molar-refractivity contribution in [3.05, 3.63) is 23.9 Å². The third kappa shape index (κ3) is 6.11. The van der Waals surface area contributed by atoms with Crippen molar-refractivity contribution in [2.75, 3.05) is 18.5 Å². The van der Waals surface area contributed by atoms with Crippen LogP contribution in [0, 0.1) is 0 Å². The second-order valence-electron chi connectivity index (χ2n) is 9.17. The van der Waals surface area contributed by atoms with Gasteiger partial charge in [-0.05, 0) is 72.4 Å². The number of nitrogens with zero attached hydrogens (tertiary/aromatic N) is 3. The van der Waals surface area contributed by atoms with E-state index in [1.165, 1.54) is 4.90 Å². The van der Waals surface area contributed by atoms with E-state index in [1.807, 2.05) is 47.6 Å². The van der Waals surface area contributed by atoms with E-state index in [0.29, 0.717) is 12.4 Å². The van der Waals surface area contributed by atoms with Crippen molar-refractivity contribution < 1.29 is 19.1 Å². The van der Waals surface area contributed by atoms with Gasteiger partial charge in [-0.2, -0.15) is 0 Å². The summed E-state index contributed by atoms with van der Waals surface area (Å²) in [5.41, 5.74) is -0.162. The highest BCUT2D eigenvalue weighted by Gasteiger charge is 2.32. The van der Waals surface area contributed by atoms with E-state index in [9.17, 15) is 9.59 Å². The Morgan fingerprint density at radius 2 is 1.71 bits per heavy atom. The van der Waals surface area contributed by atoms with E-state index in [0.717, 1.165) is 24.8 Å². The average molecular weight is 392 g/mol. The van der Waals surface area contributed by atoms with Crippen LogP contribution in [0.15, 0.2) is 18.3 Å². The number of hydrogen-bond acceptors (Lipinski definition) is 5. The van der Waals surface area contributed by atoms with Crippen LogP contribution in [0.1, 0.15) is 72.4 Å². The topological polar surface area (TPSA) is 72.0 Å². The van der Waals surface area contributed by atoms with Gasteiger partial charge in [0.2, 0.25) is 0 Å². The molecule has 7 nitrogen and oxygen atoms in total. The monoisotopic (exact) mass is 391 g/mol. The Hall–Kier alpha value is -2.31. The number of rotatable bonds is 2. The van der Waals surface area contributed by atoms with Crippen LogP contribution in [0.3, 0.4) is 0 Å². The molecule has 2 heterocycles. The molecule has 0 bridgehead atoms. The number of anilines is 1. The van der Waals surface area contributed by atoms with Gasteiger partial charge < -0.3 is 14.4 Å². The van der Waals surface area contributed by atoms with Crippen LogP contribution >= 0.6 is 0 Å². The number of aromatic nitrogens is 1. The molecule has 0 aromatic carbocycles. The van der Waals surface area contributed by atoms with Gasteiger partial charge in [0, 0.05) is 19.8 Å². The molecule has 0 aliphatic carbocycles. The van der Waals surface area contributed by atoms with Gasteiger partial charge >= 0.3 is 12.2 Å². The van der Waals surface area contributed by atoms with E-state index >= 15 is 0 Å². The highest BCUT2D eigenvalue weighted by Crippen LogP contribution is 2.32. The highest BCUT2D eigenvalue weighted by molar-refractivity contribution is 5.85. The number of pyridine rings is 1. The summed E-state index contributed by atoms with van der Waals surface area (Å²) >= 11 is 0. The quantitative estimate of drug-likeness (QED) is 0.716. The summed E-state index contributed by atoms with van der Waals surface area (Å²) < 4.78 is 10.9. The molecule has 1 saturated heterocycles. The lowest BCUT2D eigenvalue weighted by molar-refractivity contribution is 0.00947. The van der Waals surface area contributed by atoms with Crippen LogP contribution in [-0.4, -0.2) is 46.9 Å². The van der Waals surface area contributed by atoms with Crippen molar-refractivity contribution in [1.82, 2.24) is 9.88 Å². The summed E-state index contributed by atoms with van der Waals surface area (Å²) in [6, 6.07) is 3.62. The van der Waals surface area contributed by atoms with Gasteiger partial charge in [-0.1, -0.05) is 6.07 Å². The SMILES string of the molecule is CN(C(=O)OC(C)(C)C)c1ccc([C@@H]2CCCCN2C(=O)OC(C)(C)C)cn1. The molecule has 1 aliphatic rings. The molecule has 0 spiro atoms. The maximum absolute atomic E-state index is 12.6. The molecular weight excluding hydrogens is 358 g/mol. The summed E-state index contributed by atoms with van der Waals surface area (Å²) in [6.45, 7) is 11.7. The fourth-order valence-corrected chi connectivity index (χ4v) is 3.03. The number of amides is 2. The third-order valence-electron chi connectivity index (χ3n) is 4.30. The number of hydrogen-bond donors (Lipinski definition) is 0. The lowest BCUT2D eigenvalue weighted by Gasteiger charge is -2.37. The molecule has 1 atom stereocenters. The van der Waals surface area contributed by atoms with Gasteiger partial charge in [0.15, 0.2) is 0 Å². The summed E-state index contributed by atoms with van der Waals surface area (Å²) in [7, 11) is 1.63. The fraction of sp³-hybridized carbons (Fsp3) is 0.667. The third-order valence-corrected chi connectivity index (χ3v) is 4.30. The Morgan fingerprint density at radius 1 is 1.07 bits per heavy atom. The molecule has 0 saturated carbocycles. The molecule has 7 heteroatoms. The Labute approximate surface area is 168 Å². The standard InChI is InChI=1S/C21H33N3O4/c1-20(2,3)27-18(25)23(7)17-12-11-15(14-22-17)16-10-8-9-13-24(16)19(26)28-21(4,5)6/h11-12,14,16H,8-10,13H2,1-7H3/t16-/m0/s1. The number of carbonyl (C=O) groups is 2. The minimum atomic E-state index is -0.568. The van der Waals surface area contributed by atoms with E-state index in [1.54, 1.807) is 24.2 Å². The summed E-state index contributed by atoms with van der Waals surface area (Å²) in [4.78, 5) is 32.4. The minimum absolute atomic E-state index is 0.0722. The van der Waals surface area contributed by atoms with Gasteiger partial charge in [0.1, 0.15) is 17.0 Å². The van der Waals surface area contributed by atoms with Crippen molar-refractivity contribution >= 4 is 18.0 Å². The molecule has 2 rings (SSSR count). The van der Waals surface area contributed by atoms with Crippen LogP contribution in [0.2, 0.25) is 0 Å². The molecule has 0 unspecified atom stereocenters. The zero-order valence-corrected chi connectivity index (χ0v) is 18.1. The maximum atomic E-state index is 12.6. The van der Waals surface area contributed by atoms with Crippen molar-refractivity contribution in [2.24, 2.45) is 0 Å². The molecule has 1 fully saturated rings. The van der Waals surface area contributed by atoms with Crippen LogP contribution in [0.25, 0.3) is 0 Å². The van der Waals surface area contributed by atoms with Gasteiger partial charge in [-0.3, -0.25) is 4.90 Å². The van der Waals surface area contributed by atoms with Crippen LogP contribution in [0.5, 0.6) is 0 Å². The molecule has 0 radical (unpaired) electrons. The average Bonchev–Trinajstić information content (AvgIpc) is 2.58. The maximum Gasteiger partial charge on any atom is 0.415 e. The Bertz CT molecular complexity index is 689. The lowest BCUT2D eigenvalue weighted by atomic mass is 9.97. The molecule has 2 amide bonds. The molecule has 28 heavy (non-hydrogen) atoms. The molecule has 0 N–H and O–H groups in total. The van der Waals surface area contributed by atoms with E-state index in [-0.39, 0.29) is 12.1 Å². The number of piperidine rings is 1. The molecule has 1 aliphatic heterocycles. The van der Waals surface area contributed by atoms with Crippen molar-refractivity contribution in [1.29, 1.82) is 0 Å². The van der Waals surface area contributed by atoms with E-state index < -0.39 is 17.3 Å². The smallest absolute Gasteiger partial charge is 0.415 e. The first kappa shape index (κ1) is 22.0.